The highest BCUT2D eigenvalue weighted by atomic mass is 16.5. The Balaban J connectivity index is 2.15. The largest absolute Gasteiger partial charge is 0.394 e. The van der Waals surface area contributed by atoms with E-state index in [9.17, 15) is 0 Å². The van der Waals surface area contributed by atoms with Gasteiger partial charge in [-0.3, -0.25) is 4.68 Å². The van der Waals surface area contributed by atoms with Gasteiger partial charge in [0.2, 0.25) is 0 Å². The van der Waals surface area contributed by atoms with Crippen LogP contribution >= 0.6 is 0 Å². The summed E-state index contributed by atoms with van der Waals surface area (Å²) < 4.78 is 6.94. The van der Waals surface area contributed by atoms with Crippen molar-refractivity contribution in [1.29, 1.82) is 0 Å². The van der Waals surface area contributed by atoms with Gasteiger partial charge in [0.25, 0.3) is 0 Å². The second-order valence-electron chi connectivity index (χ2n) is 4.85. The molecule has 5 heteroatoms. The zero-order valence-corrected chi connectivity index (χ0v) is 10.9. The predicted molar refractivity (Wildman–Crippen MR) is 69.0 cm³/mol. The number of anilines is 2. The predicted octanol–water partition coefficient (Wildman–Crippen LogP) is 1.25. The van der Waals surface area contributed by atoms with E-state index in [1.807, 2.05) is 13.2 Å². The lowest BCUT2D eigenvalue weighted by Crippen LogP contribution is -2.38. The van der Waals surface area contributed by atoms with Crippen molar-refractivity contribution in [2.24, 2.45) is 13.0 Å². The molecule has 0 radical (unpaired) electrons. The number of aryl methyl sites for hydroxylation is 1. The van der Waals surface area contributed by atoms with E-state index in [-0.39, 0.29) is 0 Å². The van der Waals surface area contributed by atoms with E-state index >= 15 is 0 Å². The van der Waals surface area contributed by atoms with Gasteiger partial charge in [0.15, 0.2) is 5.82 Å². The van der Waals surface area contributed by atoms with Crippen molar-refractivity contribution in [3.05, 3.63) is 6.20 Å². The molecule has 1 heterocycles. The first kappa shape index (κ1) is 12.2. The molecule has 1 aromatic rings. The zero-order valence-electron chi connectivity index (χ0n) is 10.9. The summed E-state index contributed by atoms with van der Waals surface area (Å²) in [6.45, 7) is 3.80. The van der Waals surface area contributed by atoms with Crippen molar-refractivity contribution in [3.8, 4) is 0 Å². The number of rotatable bonds is 6. The van der Waals surface area contributed by atoms with Gasteiger partial charge >= 0.3 is 0 Å². The van der Waals surface area contributed by atoms with Crippen molar-refractivity contribution in [3.63, 3.8) is 0 Å². The first-order valence-electron chi connectivity index (χ1n) is 6.18. The van der Waals surface area contributed by atoms with Gasteiger partial charge in [-0.1, -0.05) is 0 Å². The molecule has 2 rings (SSSR count). The van der Waals surface area contributed by atoms with Crippen molar-refractivity contribution in [2.45, 2.75) is 25.8 Å². The second-order valence-corrected chi connectivity index (χ2v) is 4.85. The summed E-state index contributed by atoms with van der Waals surface area (Å²) in [6.07, 6.45) is 4.49. The summed E-state index contributed by atoms with van der Waals surface area (Å²) >= 11 is 0. The maximum absolute atomic E-state index is 6.01. The summed E-state index contributed by atoms with van der Waals surface area (Å²) in [4.78, 5) is 2.27. The second kappa shape index (κ2) is 4.96. The molecule has 0 aromatic carbocycles. The monoisotopic (exact) mass is 238 g/mol. The fourth-order valence-corrected chi connectivity index (χ4v) is 2.24. The first-order chi connectivity index (χ1) is 8.13. The van der Waals surface area contributed by atoms with E-state index in [4.69, 9.17) is 10.5 Å². The van der Waals surface area contributed by atoms with Gasteiger partial charge in [0, 0.05) is 32.9 Å². The van der Waals surface area contributed by atoms with Crippen LogP contribution < -0.4 is 10.6 Å². The van der Waals surface area contributed by atoms with Gasteiger partial charge in [-0.25, -0.2) is 0 Å². The first-order valence-corrected chi connectivity index (χ1v) is 6.18. The van der Waals surface area contributed by atoms with Gasteiger partial charge in [0.05, 0.1) is 12.3 Å². The molecule has 0 aliphatic heterocycles. The molecule has 0 saturated heterocycles. The molecule has 1 aliphatic carbocycles. The third-order valence-corrected chi connectivity index (χ3v) is 3.44. The van der Waals surface area contributed by atoms with E-state index in [2.05, 4.69) is 16.9 Å². The quantitative estimate of drug-likeness (QED) is 0.810. The molecule has 1 aromatic heterocycles. The summed E-state index contributed by atoms with van der Waals surface area (Å²) in [7, 11) is 3.62. The van der Waals surface area contributed by atoms with Crippen LogP contribution in [0.1, 0.15) is 19.8 Å². The summed E-state index contributed by atoms with van der Waals surface area (Å²) in [5.41, 5.74) is 6.75. The van der Waals surface area contributed by atoms with Crippen LogP contribution in [0.2, 0.25) is 0 Å². The summed E-state index contributed by atoms with van der Waals surface area (Å²) in [6, 6.07) is 0.488. The number of nitrogen functional groups attached to an aromatic ring is 1. The third-order valence-electron chi connectivity index (χ3n) is 3.44. The van der Waals surface area contributed by atoms with E-state index in [0.717, 1.165) is 24.0 Å². The number of hydrogen-bond acceptors (Lipinski definition) is 4. The minimum atomic E-state index is 0.488. The van der Waals surface area contributed by atoms with Crippen LogP contribution in [0.15, 0.2) is 6.20 Å². The van der Waals surface area contributed by atoms with Crippen molar-refractivity contribution >= 4 is 11.5 Å². The van der Waals surface area contributed by atoms with E-state index < -0.39 is 0 Å². The molecule has 1 fully saturated rings. The van der Waals surface area contributed by atoms with Gasteiger partial charge in [-0.05, 0) is 25.7 Å². The molecular weight excluding hydrogens is 216 g/mol. The standard InChI is InChI=1S/C12H22N4O/c1-9(10-4-5-10)16(6-7-17-3)12-11(13)8-15(2)14-12/h8-10H,4-7,13H2,1-3H3. The van der Waals surface area contributed by atoms with E-state index in [0.29, 0.717) is 12.6 Å². The van der Waals surface area contributed by atoms with Gasteiger partial charge in [-0.15, -0.1) is 0 Å². The highest BCUT2D eigenvalue weighted by Crippen LogP contribution is 2.37. The Bertz CT molecular complexity index is 373. The lowest BCUT2D eigenvalue weighted by atomic mass is 10.2. The molecule has 1 atom stereocenters. The molecule has 96 valence electrons. The molecule has 0 spiro atoms. The number of aromatic nitrogens is 2. The molecule has 0 amide bonds. The Morgan fingerprint density at radius 2 is 2.35 bits per heavy atom. The Morgan fingerprint density at radius 1 is 1.65 bits per heavy atom. The minimum absolute atomic E-state index is 0.488. The summed E-state index contributed by atoms with van der Waals surface area (Å²) in [5.74, 6) is 1.68. The average Bonchev–Trinajstić information content (AvgIpc) is 3.06. The Hall–Kier alpha value is -1.23. The summed E-state index contributed by atoms with van der Waals surface area (Å²) in [5, 5.41) is 4.46. The van der Waals surface area contributed by atoms with Crippen molar-refractivity contribution < 1.29 is 4.74 Å². The van der Waals surface area contributed by atoms with Crippen LogP contribution in [0, 0.1) is 5.92 Å². The number of methoxy groups -OCH3 is 1. The minimum Gasteiger partial charge on any atom is -0.394 e. The number of ether oxygens (including phenoxy) is 1. The molecule has 0 bridgehead atoms. The lowest BCUT2D eigenvalue weighted by molar-refractivity contribution is 0.202. The number of nitrogens with zero attached hydrogens (tertiary/aromatic N) is 3. The highest BCUT2D eigenvalue weighted by molar-refractivity contribution is 5.62. The van der Waals surface area contributed by atoms with E-state index in [1.165, 1.54) is 12.8 Å². The third kappa shape index (κ3) is 2.72. The van der Waals surface area contributed by atoms with Gasteiger partial charge < -0.3 is 15.4 Å². The maximum atomic E-state index is 6.01. The molecule has 17 heavy (non-hydrogen) atoms. The van der Waals surface area contributed by atoms with E-state index in [1.54, 1.807) is 11.8 Å². The topological polar surface area (TPSA) is 56.3 Å². The molecule has 1 unspecified atom stereocenters. The van der Waals surface area contributed by atoms with Crippen LogP contribution in [0.25, 0.3) is 0 Å². The normalized spacial score (nSPS) is 17.1. The molecule has 1 saturated carbocycles. The van der Waals surface area contributed by atoms with Gasteiger partial charge in [-0.2, -0.15) is 5.10 Å². The SMILES string of the molecule is COCCN(c1nn(C)cc1N)C(C)C1CC1. The Kier molecular flexibility index (Phi) is 3.57. The number of hydrogen-bond donors (Lipinski definition) is 1. The number of nitrogens with two attached hydrogens (primary N) is 1. The highest BCUT2D eigenvalue weighted by Gasteiger charge is 2.33. The Labute approximate surface area is 103 Å². The average molecular weight is 238 g/mol. The molecule has 2 N–H and O–H groups in total. The maximum Gasteiger partial charge on any atom is 0.174 e. The smallest absolute Gasteiger partial charge is 0.174 e. The van der Waals surface area contributed by atoms with Gasteiger partial charge in [0.1, 0.15) is 0 Å². The molecular formula is C12H22N4O. The van der Waals surface area contributed by atoms with Crippen molar-refractivity contribution in [2.75, 3.05) is 30.9 Å². The molecule has 1 aliphatic rings. The van der Waals surface area contributed by atoms with Crippen LogP contribution in [-0.2, 0) is 11.8 Å². The fourth-order valence-electron chi connectivity index (χ4n) is 2.24. The van der Waals surface area contributed by atoms with Crippen LogP contribution in [0.3, 0.4) is 0 Å². The lowest BCUT2D eigenvalue weighted by Gasteiger charge is -2.29. The van der Waals surface area contributed by atoms with Crippen LogP contribution in [0.4, 0.5) is 11.5 Å². The van der Waals surface area contributed by atoms with Crippen LogP contribution in [-0.4, -0.2) is 36.1 Å². The fraction of sp³-hybridized carbons (Fsp3) is 0.750. The van der Waals surface area contributed by atoms with Crippen molar-refractivity contribution in [1.82, 2.24) is 9.78 Å². The van der Waals surface area contributed by atoms with Crippen LogP contribution in [0.5, 0.6) is 0 Å². The molecule has 5 nitrogen and oxygen atoms in total. The Morgan fingerprint density at radius 3 is 2.82 bits per heavy atom. The zero-order chi connectivity index (χ0) is 12.4.